The predicted octanol–water partition coefficient (Wildman–Crippen LogP) is -0.871. The molecule has 4 amide bonds. The molecule has 10 nitrogen and oxygen atoms in total. The first-order valence-corrected chi connectivity index (χ1v) is 9.82. The van der Waals surface area contributed by atoms with E-state index in [-0.39, 0.29) is 46.8 Å². The number of amides is 4. The van der Waals surface area contributed by atoms with E-state index in [0.29, 0.717) is 13.1 Å². The topological polar surface area (TPSA) is 141 Å². The number of nitrogens with one attached hydrogen (secondary N) is 4. The van der Waals surface area contributed by atoms with Crippen LogP contribution in [0.2, 0.25) is 0 Å². The molecule has 0 aromatic carbocycles. The van der Waals surface area contributed by atoms with Crippen molar-refractivity contribution in [3.8, 4) is 0 Å². The first-order chi connectivity index (χ1) is 12.4. The first-order valence-electron chi connectivity index (χ1n) is 8.07. The standard InChI is InChI=1S/C14H20N6O4S2/c1-3-15-9(21)5-7-11(23)17-13(25-7)19-20-14-18-12(24)8(26-14)6-10(22)16-4-2/h7-8H,3-6H2,1-2H3,(H,15,21)(H,16,22)(H,17,19,23)(H,18,20,24). The SMILES string of the molecule is CCNC(=O)CC1SC(=NN=C2NC(=O)C(CC(=O)NCC)S2)NC1=O. The summed E-state index contributed by atoms with van der Waals surface area (Å²) in [5, 5.41) is 17.6. The molecule has 2 fully saturated rings. The van der Waals surface area contributed by atoms with Gasteiger partial charge in [-0.2, -0.15) is 0 Å². The van der Waals surface area contributed by atoms with Gasteiger partial charge in [0, 0.05) is 25.9 Å². The van der Waals surface area contributed by atoms with E-state index in [1.54, 1.807) is 13.8 Å². The summed E-state index contributed by atoms with van der Waals surface area (Å²) in [4.78, 5) is 46.8. The molecule has 2 aliphatic heterocycles. The Bertz CT molecular complexity index is 610. The Kier molecular flexibility index (Phi) is 7.45. The third-order valence-corrected chi connectivity index (χ3v) is 5.42. The van der Waals surface area contributed by atoms with E-state index in [9.17, 15) is 19.2 Å². The fraction of sp³-hybridized carbons (Fsp3) is 0.571. The second-order valence-corrected chi connectivity index (χ2v) is 7.70. The summed E-state index contributed by atoms with van der Waals surface area (Å²) in [5.41, 5.74) is 0. The van der Waals surface area contributed by atoms with Crippen molar-refractivity contribution < 1.29 is 19.2 Å². The molecule has 4 N–H and O–H groups in total. The lowest BCUT2D eigenvalue weighted by molar-refractivity contribution is -0.125. The van der Waals surface area contributed by atoms with Crippen LogP contribution >= 0.6 is 23.5 Å². The summed E-state index contributed by atoms with van der Waals surface area (Å²) in [7, 11) is 0. The highest BCUT2D eigenvalue weighted by Crippen LogP contribution is 2.24. The van der Waals surface area contributed by atoms with Crippen LogP contribution in [0, 0.1) is 0 Å². The molecule has 142 valence electrons. The average Bonchev–Trinajstić information content (AvgIpc) is 3.09. The number of hydrogen-bond donors (Lipinski definition) is 4. The largest absolute Gasteiger partial charge is 0.356 e. The Hall–Kier alpha value is -2.08. The minimum Gasteiger partial charge on any atom is -0.356 e. The van der Waals surface area contributed by atoms with Crippen molar-refractivity contribution in [1.29, 1.82) is 0 Å². The van der Waals surface area contributed by atoms with Gasteiger partial charge in [0.25, 0.3) is 0 Å². The summed E-state index contributed by atoms with van der Waals surface area (Å²) >= 11 is 2.22. The van der Waals surface area contributed by atoms with Crippen LogP contribution in [0.25, 0.3) is 0 Å². The zero-order valence-electron chi connectivity index (χ0n) is 14.3. The number of carbonyl (C=O) groups is 4. The molecule has 2 atom stereocenters. The van der Waals surface area contributed by atoms with Gasteiger partial charge >= 0.3 is 0 Å². The lowest BCUT2D eigenvalue weighted by atomic mass is 10.3. The van der Waals surface area contributed by atoms with Crippen molar-refractivity contribution >= 4 is 57.5 Å². The van der Waals surface area contributed by atoms with Crippen molar-refractivity contribution in [2.45, 2.75) is 37.2 Å². The van der Waals surface area contributed by atoms with E-state index < -0.39 is 10.5 Å². The molecule has 0 aliphatic carbocycles. The maximum Gasteiger partial charge on any atom is 0.240 e. The minimum absolute atomic E-state index is 0.0556. The van der Waals surface area contributed by atoms with E-state index in [2.05, 4.69) is 31.5 Å². The number of thioether (sulfide) groups is 2. The minimum atomic E-state index is -0.559. The zero-order valence-corrected chi connectivity index (χ0v) is 16.0. The molecule has 0 bridgehead atoms. The van der Waals surface area contributed by atoms with Crippen LogP contribution in [-0.2, 0) is 19.2 Å². The van der Waals surface area contributed by atoms with Gasteiger partial charge in [0.1, 0.15) is 10.5 Å². The van der Waals surface area contributed by atoms with E-state index in [1.807, 2.05) is 0 Å². The summed E-state index contributed by atoms with van der Waals surface area (Å²) in [5.74, 6) is -1.03. The maximum atomic E-state index is 11.8. The van der Waals surface area contributed by atoms with Crippen molar-refractivity contribution in [3.05, 3.63) is 0 Å². The molecule has 2 aliphatic rings. The lowest BCUT2D eigenvalue weighted by Crippen LogP contribution is -2.31. The summed E-state index contributed by atoms with van der Waals surface area (Å²) in [6.07, 6.45) is 0.111. The normalized spacial score (nSPS) is 25.3. The van der Waals surface area contributed by atoms with Crippen LogP contribution < -0.4 is 21.3 Å². The van der Waals surface area contributed by atoms with E-state index >= 15 is 0 Å². The number of amidine groups is 2. The third-order valence-electron chi connectivity index (χ3n) is 3.27. The van der Waals surface area contributed by atoms with Gasteiger partial charge < -0.3 is 21.3 Å². The van der Waals surface area contributed by atoms with Gasteiger partial charge in [-0.25, -0.2) is 0 Å². The molecule has 2 rings (SSSR count). The second-order valence-electron chi connectivity index (χ2n) is 5.32. The van der Waals surface area contributed by atoms with E-state index in [4.69, 9.17) is 0 Å². The molecule has 2 heterocycles. The fourth-order valence-corrected chi connectivity index (χ4v) is 3.97. The van der Waals surface area contributed by atoms with E-state index in [0.717, 1.165) is 23.5 Å². The highest BCUT2D eigenvalue weighted by molar-refractivity contribution is 8.16. The highest BCUT2D eigenvalue weighted by Gasteiger charge is 2.34. The third kappa shape index (κ3) is 5.73. The number of rotatable bonds is 7. The van der Waals surface area contributed by atoms with Crippen molar-refractivity contribution in [2.75, 3.05) is 13.1 Å². The summed E-state index contributed by atoms with van der Waals surface area (Å²) < 4.78 is 0. The molecule has 0 aromatic rings. The van der Waals surface area contributed by atoms with Gasteiger partial charge in [-0.05, 0) is 13.8 Å². The number of nitrogens with zero attached hydrogens (tertiary/aromatic N) is 2. The van der Waals surface area contributed by atoms with Gasteiger partial charge in [-0.15, -0.1) is 10.2 Å². The monoisotopic (exact) mass is 400 g/mol. The molecule has 26 heavy (non-hydrogen) atoms. The van der Waals surface area contributed by atoms with Crippen molar-refractivity contribution in [2.24, 2.45) is 10.2 Å². The summed E-state index contributed by atoms with van der Waals surface area (Å²) in [6, 6.07) is 0. The Morgan fingerprint density at radius 1 is 0.885 bits per heavy atom. The van der Waals surface area contributed by atoms with Crippen LogP contribution in [-0.4, -0.2) is 57.6 Å². The molecule has 2 saturated heterocycles. The van der Waals surface area contributed by atoms with Gasteiger partial charge in [0.05, 0.1) is 0 Å². The Morgan fingerprint density at radius 3 is 1.62 bits per heavy atom. The maximum absolute atomic E-state index is 11.8. The van der Waals surface area contributed by atoms with Crippen molar-refractivity contribution in [1.82, 2.24) is 21.3 Å². The summed E-state index contributed by atoms with van der Waals surface area (Å²) in [6.45, 7) is 4.60. The van der Waals surface area contributed by atoms with Gasteiger partial charge in [0.2, 0.25) is 23.6 Å². The van der Waals surface area contributed by atoms with Crippen molar-refractivity contribution in [3.63, 3.8) is 0 Å². The smallest absolute Gasteiger partial charge is 0.240 e. The van der Waals surface area contributed by atoms with Gasteiger partial charge in [-0.3, -0.25) is 19.2 Å². The van der Waals surface area contributed by atoms with Crippen LogP contribution in [0.3, 0.4) is 0 Å². The molecular weight excluding hydrogens is 380 g/mol. The molecule has 12 heteroatoms. The average molecular weight is 400 g/mol. The quantitative estimate of drug-likeness (QED) is 0.409. The molecule has 0 saturated carbocycles. The molecule has 2 unspecified atom stereocenters. The zero-order chi connectivity index (χ0) is 19.1. The second kappa shape index (κ2) is 9.57. The van der Waals surface area contributed by atoms with Crippen LogP contribution in [0.5, 0.6) is 0 Å². The number of hydrogen-bond acceptors (Lipinski definition) is 8. The van der Waals surface area contributed by atoms with Crippen LogP contribution in [0.1, 0.15) is 26.7 Å². The molecule has 0 spiro atoms. The fourth-order valence-electron chi connectivity index (χ4n) is 2.14. The Labute approximate surface area is 158 Å². The van der Waals surface area contributed by atoms with E-state index in [1.165, 1.54) is 0 Å². The van der Waals surface area contributed by atoms with Gasteiger partial charge in [-0.1, -0.05) is 23.5 Å². The molecule has 0 aromatic heterocycles. The highest BCUT2D eigenvalue weighted by atomic mass is 32.2. The number of carbonyl (C=O) groups excluding carboxylic acids is 4. The lowest BCUT2D eigenvalue weighted by Gasteiger charge is -2.04. The van der Waals surface area contributed by atoms with Crippen LogP contribution in [0.15, 0.2) is 10.2 Å². The predicted molar refractivity (Wildman–Crippen MR) is 101 cm³/mol. The van der Waals surface area contributed by atoms with Gasteiger partial charge in [0.15, 0.2) is 10.3 Å². The Morgan fingerprint density at radius 2 is 1.27 bits per heavy atom. The Balaban J connectivity index is 1.90. The van der Waals surface area contributed by atoms with Crippen LogP contribution in [0.4, 0.5) is 0 Å². The molecular formula is C14H20N6O4S2. The first kappa shape index (κ1) is 20.2. The molecule has 0 radical (unpaired) electrons.